The molecule has 3 rings (SSSR count). The van der Waals surface area contributed by atoms with Crippen LogP contribution in [-0.4, -0.2) is 19.1 Å². The van der Waals surface area contributed by atoms with Gasteiger partial charge in [0.1, 0.15) is 6.61 Å². The molecule has 3 aromatic rings. The molecule has 1 amide bonds. The Hall–Kier alpha value is -3.31. The third kappa shape index (κ3) is 6.36. The van der Waals surface area contributed by atoms with E-state index in [-0.39, 0.29) is 18.4 Å². The van der Waals surface area contributed by atoms with Crippen molar-refractivity contribution >= 4 is 11.6 Å². The predicted molar refractivity (Wildman–Crippen MR) is 115 cm³/mol. The first-order valence-corrected chi connectivity index (χ1v) is 9.58. The smallest absolute Gasteiger partial charge is 0.225 e. The Kier molecular flexibility index (Phi) is 7.25. The van der Waals surface area contributed by atoms with Crippen molar-refractivity contribution in [2.75, 3.05) is 12.4 Å². The molecule has 0 aliphatic carbocycles. The van der Waals surface area contributed by atoms with Gasteiger partial charge in [-0.25, -0.2) is 0 Å². The van der Waals surface area contributed by atoms with E-state index in [1.54, 1.807) is 7.11 Å². The summed E-state index contributed by atoms with van der Waals surface area (Å²) < 4.78 is 11.4. The molecule has 0 aliphatic rings. The molecule has 0 aliphatic heterocycles. The van der Waals surface area contributed by atoms with Crippen LogP contribution in [0.15, 0.2) is 78.9 Å². The zero-order valence-corrected chi connectivity index (χ0v) is 16.5. The van der Waals surface area contributed by atoms with Crippen molar-refractivity contribution in [1.29, 1.82) is 0 Å². The highest BCUT2D eigenvalue weighted by Gasteiger charge is 2.13. The van der Waals surface area contributed by atoms with Gasteiger partial charge in [-0.3, -0.25) is 4.79 Å². The zero-order valence-electron chi connectivity index (χ0n) is 16.5. The van der Waals surface area contributed by atoms with E-state index in [0.717, 1.165) is 16.8 Å². The second-order valence-electron chi connectivity index (χ2n) is 6.84. The van der Waals surface area contributed by atoms with Gasteiger partial charge in [-0.05, 0) is 41.8 Å². The fourth-order valence-corrected chi connectivity index (χ4v) is 3.04. The molecule has 0 aromatic heterocycles. The zero-order chi connectivity index (χ0) is 20.5. The quantitative estimate of drug-likeness (QED) is 0.575. The number of benzene rings is 3. The predicted octanol–water partition coefficient (Wildman–Crippen LogP) is 4.17. The molecule has 0 spiro atoms. The average Bonchev–Trinajstić information content (AvgIpc) is 2.74. The van der Waals surface area contributed by atoms with Crippen LogP contribution >= 0.6 is 0 Å². The van der Waals surface area contributed by atoms with Crippen LogP contribution < -0.4 is 20.5 Å². The van der Waals surface area contributed by atoms with Crippen molar-refractivity contribution in [3.63, 3.8) is 0 Å². The summed E-state index contributed by atoms with van der Waals surface area (Å²) in [6.07, 6.45) is 0.807. The SMILES string of the molecule is COc1cc(CC(N)CC(=O)Nc2ccccc2)ccc1OCc1ccccc1. The minimum atomic E-state index is -0.292. The first-order valence-electron chi connectivity index (χ1n) is 9.58. The summed E-state index contributed by atoms with van der Waals surface area (Å²) in [5.74, 6) is 1.23. The number of para-hydroxylation sites is 1. The third-order valence-electron chi connectivity index (χ3n) is 4.47. The summed E-state index contributed by atoms with van der Waals surface area (Å²) in [7, 11) is 1.61. The highest BCUT2D eigenvalue weighted by molar-refractivity contribution is 5.91. The van der Waals surface area contributed by atoms with Gasteiger partial charge in [0.2, 0.25) is 5.91 Å². The number of anilines is 1. The van der Waals surface area contributed by atoms with Crippen LogP contribution in [0.25, 0.3) is 0 Å². The van der Waals surface area contributed by atoms with E-state index >= 15 is 0 Å². The van der Waals surface area contributed by atoms with Gasteiger partial charge in [0, 0.05) is 18.2 Å². The Balaban J connectivity index is 1.55. The molecule has 0 saturated carbocycles. The first-order chi connectivity index (χ1) is 14.1. The molecule has 5 nitrogen and oxygen atoms in total. The minimum absolute atomic E-state index is 0.0986. The fourth-order valence-electron chi connectivity index (χ4n) is 3.04. The molecule has 0 bridgehead atoms. The van der Waals surface area contributed by atoms with Gasteiger partial charge >= 0.3 is 0 Å². The van der Waals surface area contributed by atoms with Gasteiger partial charge in [0.05, 0.1) is 7.11 Å². The Labute approximate surface area is 171 Å². The van der Waals surface area contributed by atoms with Gasteiger partial charge in [-0.1, -0.05) is 54.6 Å². The lowest BCUT2D eigenvalue weighted by Crippen LogP contribution is -2.29. The van der Waals surface area contributed by atoms with Crippen LogP contribution in [0.1, 0.15) is 17.5 Å². The molecule has 3 N–H and O–H groups in total. The summed E-state index contributed by atoms with van der Waals surface area (Å²) in [5.41, 5.74) is 9.04. The van der Waals surface area contributed by atoms with Crippen molar-refractivity contribution in [2.24, 2.45) is 5.73 Å². The van der Waals surface area contributed by atoms with Crippen molar-refractivity contribution in [3.8, 4) is 11.5 Å². The van der Waals surface area contributed by atoms with Crippen molar-refractivity contribution in [3.05, 3.63) is 90.0 Å². The van der Waals surface area contributed by atoms with Crippen molar-refractivity contribution < 1.29 is 14.3 Å². The normalized spacial score (nSPS) is 11.5. The van der Waals surface area contributed by atoms with E-state index < -0.39 is 0 Å². The number of methoxy groups -OCH3 is 1. The summed E-state index contributed by atoms with van der Waals surface area (Å²) in [6, 6.07) is 24.8. The van der Waals surface area contributed by atoms with Crippen molar-refractivity contribution in [1.82, 2.24) is 0 Å². The maximum absolute atomic E-state index is 12.2. The second-order valence-corrected chi connectivity index (χ2v) is 6.84. The highest BCUT2D eigenvalue weighted by Crippen LogP contribution is 2.29. The van der Waals surface area contributed by atoms with E-state index in [2.05, 4.69) is 5.32 Å². The Morgan fingerprint density at radius 1 is 0.931 bits per heavy atom. The van der Waals surface area contributed by atoms with Crippen LogP contribution in [0.5, 0.6) is 11.5 Å². The third-order valence-corrected chi connectivity index (χ3v) is 4.47. The van der Waals surface area contributed by atoms with Gasteiger partial charge in [-0.2, -0.15) is 0 Å². The number of hydrogen-bond acceptors (Lipinski definition) is 4. The van der Waals surface area contributed by atoms with E-state index in [1.807, 2.05) is 78.9 Å². The number of hydrogen-bond donors (Lipinski definition) is 2. The van der Waals surface area contributed by atoms with Gasteiger partial charge in [-0.15, -0.1) is 0 Å². The van der Waals surface area contributed by atoms with Crippen LogP contribution in [0.2, 0.25) is 0 Å². The number of nitrogens with two attached hydrogens (primary N) is 1. The Bertz CT molecular complexity index is 914. The second kappa shape index (κ2) is 10.3. The summed E-state index contributed by atoms with van der Waals surface area (Å²) in [5, 5.41) is 2.86. The molecule has 1 unspecified atom stereocenters. The summed E-state index contributed by atoms with van der Waals surface area (Å²) in [4.78, 5) is 12.2. The van der Waals surface area contributed by atoms with Gasteiger partial charge < -0.3 is 20.5 Å². The average molecular weight is 390 g/mol. The molecule has 0 radical (unpaired) electrons. The molecule has 0 saturated heterocycles. The number of amides is 1. The van der Waals surface area contributed by atoms with E-state index in [0.29, 0.717) is 24.5 Å². The maximum Gasteiger partial charge on any atom is 0.225 e. The standard InChI is InChI=1S/C24H26N2O3/c1-28-23-15-19(12-13-22(23)29-17-18-8-4-2-5-9-18)14-20(25)16-24(27)26-21-10-6-3-7-11-21/h2-13,15,20H,14,16-17,25H2,1H3,(H,26,27). The van der Waals surface area contributed by atoms with Crippen LogP contribution in [0, 0.1) is 0 Å². The molecule has 1 atom stereocenters. The Morgan fingerprint density at radius 3 is 2.31 bits per heavy atom. The van der Waals surface area contributed by atoms with E-state index in [1.165, 1.54) is 0 Å². The topological polar surface area (TPSA) is 73.6 Å². The van der Waals surface area contributed by atoms with Crippen LogP contribution in [0.3, 0.4) is 0 Å². The van der Waals surface area contributed by atoms with Gasteiger partial charge in [0.25, 0.3) is 0 Å². The minimum Gasteiger partial charge on any atom is -0.493 e. The van der Waals surface area contributed by atoms with E-state index in [9.17, 15) is 4.79 Å². The molecule has 150 valence electrons. The number of carbonyl (C=O) groups excluding carboxylic acids is 1. The Morgan fingerprint density at radius 2 is 1.62 bits per heavy atom. The molecular formula is C24H26N2O3. The van der Waals surface area contributed by atoms with Crippen molar-refractivity contribution in [2.45, 2.75) is 25.5 Å². The molecule has 0 heterocycles. The molecule has 29 heavy (non-hydrogen) atoms. The van der Waals surface area contributed by atoms with Crippen LogP contribution in [-0.2, 0) is 17.8 Å². The lowest BCUT2D eigenvalue weighted by Gasteiger charge is -2.15. The monoisotopic (exact) mass is 390 g/mol. The van der Waals surface area contributed by atoms with E-state index in [4.69, 9.17) is 15.2 Å². The first kappa shape index (κ1) is 20.4. The molecule has 0 fully saturated rings. The molecular weight excluding hydrogens is 364 g/mol. The maximum atomic E-state index is 12.2. The number of carbonyl (C=O) groups is 1. The number of nitrogens with one attached hydrogen (secondary N) is 1. The highest BCUT2D eigenvalue weighted by atomic mass is 16.5. The summed E-state index contributed by atoms with van der Waals surface area (Å²) >= 11 is 0. The van der Waals surface area contributed by atoms with Gasteiger partial charge in [0.15, 0.2) is 11.5 Å². The fraction of sp³-hybridized carbons (Fsp3) is 0.208. The largest absolute Gasteiger partial charge is 0.493 e. The lowest BCUT2D eigenvalue weighted by molar-refractivity contribution is -0.116. The molecule has 5 heteroatoms. The lowest BCUT2D eigenvalue weighted by atomic mass is 10.0. The van der Waals surface area contributed by atoms with Crippen LogP contribution in [0.4, 0.5) is 5.69 Å². The number of rotatable bonds is 9. The number of ether oxygens (including phenoxy) is 2. The summed E-state index contributed by atoms with van der Waals surface area (Å²) in [6.45, 7) is 0.468. The molecule has 3 aromatic carbocycles.